The summed E-state index contributed by atoms with van der Waals surface area (Å²) in [7, 11) is 0. The Kier molecular flexibility index (Phi) is 4.72. The number of nitrogens with one attached hydrogen (secondary N) is 1. The molecule has 0 unspecified atom stereocenters. The third-order valence-corrected chi connectivity index (χ3v) is 3.77. The fourth-order valence-electron chi connectivity index (χ4n) is 1.51. The van der Waals surface area contributed by atoms with E-state index >= 15 is 0 Å². The van der Waals surface area contributed by atoms with Crippen LogP contribution in [-0.2, 0) is 6.42 Å². The van der Waals surface area contributed by atoms with Crippen molar-refractivity contribution in [3.63, 3.8) is 0 Å². The predicted octanol–water partition coefficient (Wildman–Crippen LogP) is 2.86. The molecule has 2 aromatic rings. The maximum Gasteiger partial charge on any atom is 0.270 e. The number of benzene rings is 1. The molecule has 1 heterocycles. The molecule has 1 amide bonds. The van der Waals surface area contributed by atoms with E-state index in [0.29, 0.717) is 17.2 Å². The van der Waals surface area contributed by atoms with E-state index in [4.69, 9.17) is 6.42 Å². The summed E-state index contributed by atoms with van der Waals surface area (Å²) >= 11 is 4.68. The van der Waals surface area contributed by atoms with Crippen LogP contribution in [0.25, 0.3) is 0 Å². The molecule has 0 aliphatic heterocycles. The Labute approximate surface area is 124 Å². The van der Waals surface area contributed by atoms with Gasteiger partial charge in [0.15, 0.2) is 5.01 Å². The van der Waals surface area contributed by atoms with Crippen LogP contribution in [0.4, 0.5) is 0 Å². The Hall–Kier alpha value is -1.64. The van der Waals surface area contributed by atoms with Gasteiger partial charge in [0, 0.05) is 16.4 Å². The lowest BCUT2D eigenvalue weighted by Crippen LogP contribution is -2.25. The van der Waals surface area contributed by atoms with Crippen LogP contribution >= 0.6 is 27.3 Å². The number of aromatic nitrogens is 1. The molecule has 1 N–H and O–H groups in total. The number of carbonyl (C=O) groups is 1. The van der Waals surface area contributed by atoms with Gasteiger partial charge in [0.2, 0.25) is 0 Å². The summed E-state index contributed by atoms with van der Waals surface area (Å²) in [4.78, 5) is 15.8. The molecule has 3 nitrogen and oxygen atoms in total. The van der Waals surface area contributed by atoms with E-state index in [-0.39, 0.29) is 5.91 Å². The molecule has 2 rings (SSSR count). The Bertz CT molecular complexity index is 613. The van der Waals surface area contributed by atoms with Crippen molar-refractivity contribution in [3.8, 4) is 12.3 Å². The lowest BCUT2D eigenvalue weighted by molar-refractivity contribution is 0.0950. The molecule has 0 aliphatic carbocycles. The molecule has 0 radical (unpaired) electrons. The number of terminal acetylenes is 1. The maximum atomic E-state index is 11.8. The molecule has 0 spiro atoms. The first kappa shape index (κ1) is 13.8. The highest BCUT2D eigenvalue weighted by Gasteiger charge is 2.08. The molecule has 0 saturated heterocycles. The molecule has 1 aromatic carbocycles. The quantitative estimate of drug-likeness (QED) is 0.873. The van der Waals surface area contributed by atoms with Crippen molar-refractivity contribution < 1.29 is 4.79 Å². The highest BCUT2D eigenvalue weighted by molar-refractivity contribution is 9.10. The Balaban J connectivity index is 1.84. The van der Waals surface area contributed by atoms with Crippen molar-refractivity contribution in [1.29, 1.82) is 0 Å². The summed E-state index contributed by atoms with van der Waals surface area (Å²) < 4.78 is 1.05. The highest BCUT2D eigenvalue weighted by atomic mass is 79.9. The number of hydrogen-bond donors (Lipinski definition) is 1. The van der Waals surface area contributed by atoms with Gasteiger partial charge in [0.1, 0.15) is 5.69 Å². The number of thiazole rings is 1. The Morgan fingerprint density at radius 3 is 2.79 bits per heavy atom. The van der Waals surface area contributed by atoms with E-state index in [9.17, 15) is 4.79 Å². The SMILES string of the molecule is C#Cc1nc(C(=O)NCCc2ccc(Br)cc2)cs1. The van der Waals surface area contributed by atoms with E-state index in [1.165, 1.54) is 16.9 Å². The average molecular weight is 335 g/mol. The van der Waals surface area contributed by atoms with E-state index in [0.717, 1.165) is 10.9 Å². The number of rotatable bonds is 4. The van der Waals surface area contributed by atoms with Gasteiger partial charge >= 0.3 is 0 Å². The van der Waals surface area contributed by atoms with Gasteiger partial charge < -0.3 is 5.32 Å². The third kappa shape index (κ3) is 3.91. The van der Waals surface area contributed by atoms with Crippen LogP contribution in [0.5, 0.6) is 0 Å². The van der Waals surface area contributed by atoms with Crippen LogP contribution in [0.1, 0.15) is 21.1 Å². The molecule has 0 atom stereocenters. The third-order valence-electron chi connectivity index (χ3n) is 2.47. The van der Waals surface area contributed by atoms with Crippen LogP contribution in [0.3, 0.4) is 0 Å². The van der Waals surface area contributed by atoms with Crippen LogP contribution in [0.15, 0.2) is 34.1 Å². The minimum atomic E-state index is -0.185. The van der Waals surface area contributed by atoms with Crippen LogP contribution in [-0.4, -0.2) is 17.4 Å². The second-order valence-electron chi connectivity index (χ2n) is 3.81. The van der Waals surface area contributed by atoms with Crippen molar-refractivity contribution in [3.05, 3.63) is 50.4 Å². The second kappa shape index (κ2) is 6.50. The van der Waals surface area contributed by atoms with E-state index in [1.54, 1.807) is 5.38 Å². The van der Waals surface area contributed by atoms with Gasteiger partial charge in [-0.25, -0.2) is 4.98 Å². The molecule has 0 fully saturated rings. The molecule has 0 aliphatic rings. The van der Waals surface area contributed by atoms with Gasteiger partial charge in [0.05, 0.1) is 0 Å². The lowest BCUT2D eigenvalue weighted by atomic mass is 10.1. The molecular weight excluding hydrogens is 324 g/mol. The Morgan fingerprint density at radius 2 is 2.16 bits per heavy atom. The summed E-state index contributed by atoms with van der Waals surface area (Å²) in [6.45, 7) is 0.573. The monoisotopic (exact) mass is 334 g/mol. The van der Waals surface area contributed by atoms with Crippen molar-refractivity contribution in [2.75, 3.05) is 6.54 Å². The van der Waals surface area contributed by atoms with Crippen LogP contribution in [0, 0.1) is 12.3 Å². The summed E-state index contributed by atoms with van der Waals surface area (Å²) in [6, 6.07) is 8.01. The highest BCUT2D eigenvalue weighted by Crippen LogP contribution is 2.11. The number of amides is 1. The summed E-state index contributed by atoms with van der Waals surface area (Å²) in [5, 5.41) is 5.02. The molecule has 0 saturated carbocycles. The smallest absolute Gasteiger partial charge is 0.270 e. The summed E-state index contributed by atoms with van der Waals surface area (Å²) in [5.41, 5.74) is 1.56. The van der Waals surface area contributed by atoms with Crippen molar-refractivity contribution >= 4 is 33.2 Å². The molecule has 5 heteroatoms. The average Bonchev–Trinajstić information content (AvgIpc) is 2.90. The zero-order valence-corrected chi connectivity index (χ0v) is 12.4. The fourth-order valence-corrected chi connectivity index (χ4v) is 2.37. The number of nitrogens with zero attached hydrogens (tertiary/aromatic N) is 1. The first-order chi connectivity index (χ1) is 9.19. The zero-order chi connectivity index (χ0) is 13.7. The van der Waals surface area contributed by atoms with Gasteiger partial charge in [-0.15, -0.1) is 17.8 Å². The largest absolute Gasteiger partial charge is 0.350 e. The molecular formula is C14H11BrN2OS. The first-order valence-electron chi connectivity index (χ1n) is 5.64. The van der Waals surface area contributed by atoms with Gasteiger partial charge in [0.25, 0.3) is 5.91 Å². The second-order valence-corrected chi connectivity index (χ2v) is 5.59. The number of hydrogen-bond acceptors (Lipinski definition) is 3. The first-order valence-corrected chi connectivity index (χ1v) is 7.31. The lowest BCUT2D eigenvalue weighted by Gasteiger charge is -2.03. The topological polar surface area (TPSA) is 42.0 Å². The fraction of sp³-hybridized carbons (Fsp3) is 0.143. The van der Waals surface area contributed by atoms with Crippen molar-refractivity contribution in [2.24, 2.45) is 0 Å². The zero-order valence-electron chi connectivity index (χ0n) is 10.0. The van der Waals surface area contributed by atoms with Crippen molar-refractivity contribution in [2.45, 2.75) is 6.42 Å². The minimum absolute atomic E-state index is 0.185. The minimum Gasteiger partial charge on any atom is -0.350 e. The molecule has 0 bridgehead atoms. The predicted molar refractivity (Wildman–Crippen MR) is 80.2 cm³/mol. The van der Waals surface area contributed by atoms with Gasteiger partial charge in [-0.05, 0) is 30.0 Å². The number of carbonyl (C=O) groups excluding carboxylic acids is 1. The van der Waals surface area contributed by atoms with E-state index in [2.05, 4.69) is 32.2 Å². The number of halogens is 1. The van der Waals surface area contributed by atoms with Crippen LogP contribution in [0.2, 0.25) is 0 Å². The van der Waals surface area contributed by atoms with E-state index < -0.39 is 0 Å². The molecule has 19 heavy (non-hydrogen) atoms. The maximum absolute atomic E-state index is 11.8. The summed E-state index contributed by atoms with van der Waals surface area (Å²) in [6.07, 6.45) is 6.00. The normalized spacial score (nSPS) is 9.89. The van der Waals surface area contributed by atoms with Crippen molar-refractivity contribution in [1.82, 2.24) is 10.3 Å². The van der Waals surface area contributed by atoms with E-state index in [1.807, 2.05) is 24.3 Å². The summed E-state index contributed by atoms with van der Waals surface area (Å²) in [5.74, 6) is 2.23. The van der Waals surface area contributed by atoms with Gasteiger partial charge in [-0.3, -0.25) is 4.79 Å². The molecule has 1 aromatic heterocycles. The Morgan fingerprint density at radius 1 is 1.42 bits per heavy atom. The van der Waals surface area contributed by atoms with Gasteiger partial charge in [-0.2, -0.15) is 0 Å². The standard InChI is InChI=1S/C14H11BrN2OS/c1-2-13-17-12(9-19-13)14(18)16-8-7-10-3-5-11(15)6-4-10/h1,3-6,9H,7-8H2,(H,16,18). The van der Waals surface area contributed by atoms with Crippen LogP contribution < -0.4 is 5.32 Å². The molecule has 96 valence electrons. The van der Waals surface area contributed by atoms with Gasteiger partial charge in [-0.1, -0.05) is 28.1 Å².